The number of hydrogen-bond acceptors (Lipinski definition) is 3. The number of benzene rings is 2. The predicted octanol–water partition coefficient (Wildman–Crippen LogP) is 6.82. The molecular formula is C28H40N2O3. The van der Waals surface area contributed by atoms with E-state index in [0.717, 1.165) is 18.6 Å². The molecule has 0 atom stereocenters. The second-order valence-corrected chi connectivity index (χ2v) is 9.94. The highest BCUT2D eigenvalue weighted by atomic mass is 16.5. The Balaban J connectivity index is 1.95. The summed E-state index contributed by atoms with van der Waals surface area (Å²) >= 11 is 0. The summed E-state index contributed by atoms with van der Waals surface area (Å²) in [5.41, 5.74) is 4.10. The Morgan fingerprint density at radius 3 is 1.97 bits per heavy atom. The number of carbonyl (C=O) groups is 2. The summed E-state index contributed by atoms with van der Waals surface area (Å²) in [6.07, 6.45) is 3.09. The monoisotopic (exact) mass is 452 g/mol. The molecule has 2 amide bonds. The first-order valence-corrected chi connectivity index (χ1v) is 11.9. The van der Waals surface area contributed by atoms with Crippen LogP contribution in [0.3, 0.4) is 0 Å². The van der Waals surface area contributed by atoms with E-state index >= 15 is 0 Å². The first kappa shape index (κ1) is 26.4. The Bertz CT molecular complexity index is 946. The Labute approximate surface area is 199 Å². The Kier molecular flexibility index (Phi) is 9.09. The van der Waals surface area contributed by atoms with Crippen molar-refractivity contribution < 1.29 is 14.3 Å². The standard InChI is InChI=1S/C28H40N2O3/c1-8-27(4,5)21-12-17-25(24(19-21)28(6,7)9-2)33-18-10-11-26(32)30-23-15-13-22(14-16-23)29-20(3)31/h12-17,19H,8-11,18H2,1-7H3,(H,29,31)(H,30,32). The van der Waals surface area contributed by atoms with Crippen LogP contribution in [0.25, 0.3) is 0 Å². The number of hydrogen-bond donors (Lipinski definition) is 2. The molecule has 5 nitrogen and oxygen atoms in total. The summed E-state index contributed by atoms with van der Waals surface area (Å²) in [6, 6.07) is 13.7. The molecule has 2 N–H and O–H groups in total. The number of amides is 2. The molecule has 0 saturated heterocycles. The molecule has 0 fully saturated rings. The van der Waals surface area contributed by atoms with Crippen LogP contribution in [0.1, 0.15) is 85.3 Å². The van der Waals surface area contributed by atoms with Crippen molar-refractivity contribution in [2.75, 3.05) is 17.2 Å². The molecule has 33 heavy (non-hydrogen) atoms. The maximum Gasteiger partial charge on any atom is 0.224 e. The van der Waals surface area contributed by atoms with Gasteiger partial charge in [-0.15, -0.1) is 0 Å². The lowest BCUT2D eigenvalue weighted by atomic mass is 9.76. The first-order valence-electron chi connectivity index (χ1n) is 11.9. The van der Waals surface area contributed by atoms with Crippen LogP contribution < -0.4 is 15.4 Å². The van der Waals surface area contributed by atoms with Gasteiger partial charge in [0.15, 0.2) is 0 Å². The zero-order valence-electron chi connectivity index (χ0n) is 21.3. The summed E-state index contributed by atoms with van der Waals surface area (Å²) < 4.78 is 6.16. The fourth-order valence-corrected chi connectivity index (χ4v) is 3.48. The maximum absolute atomic E-state index is 12.3. The van der Waals surface area contributed by atoms with Gasteiger partial charge in [-0.3, -0.25) is 9.59 Å². The van der Waals surface area contributed by atoms with Gasteiger partial charge in [-0.2, -0.15) is 0 Å². The van der Waals surface area contributed by atoms with E-state index in [9.17, 15) is 9.59 Å². The average Bonchev–Trinajstić information content (AvgIpc) is 2.77. The molecule has 0 saturated carbocycles. The van der Waals surface area contributed by atoms with Gasteiger partial charge in [0.2, 0.25) is 11.8 Å². The quantitative estimate of drug-likeness (QED) is 0.368. The van der Waals surface area contributed by atoms with Gasteiger partial charge in [0.05, 0.1) is 6.61 Å². The van der Waals surface area contributed by atoms with E-state index in [1.54, 1.807) is 24.3 Å². The van der Waals surface area contributed by atoms with Crippen LogP contribution in [0.5, 0.6) is 5.75 Å². The van der Waals surface area contributed by atoms with E-state index in [0.29, 0.717) is 30.8 Å². The number of carbonyl (C=O) groups excluding carboxylic acids is 2. The molecule has 0 spiro atoms. The highest BCUT2D eigenvalue weighted by molar-refractivity contribution is 5.92. The van der Waals surface area contributed by atoms with Gasteiger partial charge in [-0.1, -0.05) is 53.7 Å². The lowest BCUT2D eigenvalue weighted by molar-refractivity contribution is -0.116. The third kappa shape index (κ3) is 7.62. The molecule has 2 rings (SSSR count). The minimum absolute atomic E-state index is 0.00987. The van der Waals surface area contributed by atoms with Gasteiger partial charge >= 0.3 is 0 Å². The SMILES string of the molecule is CCC(C)(C)c1ccc(OCCCC(=O)Nc2ccc(NC(C)=O)cc2)c(C(C)(C)CC)c1. The van der Waals surface area contributed by atoms with Crippen LogP contribution in [0, 0.1) is 0 Å². The van der Waals surface area contributed by atoms with Crippen LogP contribution in [-0.4, -0.2) is 18.4 Å². The summed E-state index contributed by atoms with van der Waals surface area (Å²) in [6.45, 7) is 15.4. The van der Waals surface area contributed by atoms with E-state index in [1.165, 1.54) is 18.1 Å². The molecule has 5 heteroatoms. The van der Waals surface area contributed by atoms with Crippen molar-refractivity contribution in [3.63, 3.8) is 0 Å². The van der Waals surface area contributed by atoms with Crippen molar-refractivity contribution in [3.05, 3.63) is 53.6 Å². The Hall–Kier alpha value is -2.82. The van der Waals surface area contributed by atoms with Crippen LogP contribution in [0.2, 0.25) is 0 Å². The van der Waals surface area contributed by atoms with Crippen molar-refractivity contribution in [2.24, 2.45) is 0 Å². The van der Waals surface area contributed by atoms with E-state index in [-0.39, 0.29) is 22.6 Å². The van der Waals surface area contributed by atoms with Crippen LogP contribution >= 0.6 is 0 Å². The predicted molar refractivity (Wildman–Crippen MR) is 137 cm³/mol. The number of nitrogens with one attached hydrogen (secondary N) is 2. The average molecular weight is 453 g/mol. The summed E-state index contributed by atoms with van der Waals surface area (Å²) in [5.74, 6) is 0.729. The number of ether oxygens (including phenoxy) is 1. The van der Waals surface area contributed by atoms with Gasteiger partial charge < -0.3 is 15.4 Å². The van der Waals surface area contributed by atoms with E-state index in [1.807, 2.05) is 0 Å². The van der Waals surface area contributed by atoms with Gasteiger partial charge in [-0.05, 0) is 66.0 Å². The summed E-state index contributed by atoms with van der Waals surface area (Å²) in [5, 5.41) is 5.60. The van der Waals surface area contributed by atoms with Crippen molar-refractivity contribution in [3.8, 4) is 5.75 Å². The fraction of sp³-hybridized carbons (Fsp3) is 0.500. The zero-order chi connectivity index (χ0) is 24.6. The van der Waals surface area contributed by atoms with Gasteiger partial charge in [0.25, 0.3) is 0 Å². The molecule has 2 aromatic rings. The normalized spacial score (nSPS) is 11.7. The zero-order valence-corrected chi connectivity index (χ0v) is 21.3. The minimum Gasteiger partial charge on any atom is -0.493 e. The van der Waals surface area contributed by atoms with E-state index in [2.05, 4.69) is 70.4 Å². The maximum atomic E-state index is 12.3. The third-order valence-electron chi connectivity index (χ3n) is 6.55. The lowest BCUT2D eigenvalue weighted by Crippen LogP contribution is -2.21. The second-order valence-electron chi connectivity index (χ2n) is 9.94. The first-order chi connectivity index (χ1) is 15.5. The fourth-order valence-electron chi connectivity index (χ4n) is 3.48. The van der Waals surface area contributed by atoms with Crippen LogP contribution in [0.4, 0.5) is 11.4 Å². The lowest BCUT2D eigenvalue weighted by Gasteiger charge is -2.30. The van der Waals surface area contributed by atoms with Crippen LogP contribution in [-0.2, 0) is 20.4 Å². The molecule has 0 aliphatic carbocycles. The Morgan fingerprint density at radius 1 is 0.848 bits per heavy atom. The van der Waals surface area contributed by atoms with Crippen molar-refractivity contribution in [1.82, 2.24) is 0 Å². The summed E-state index contributed by atoms with van der Waals surface area (Å²) in [4.78, 5) is 23.4. The van der Waals surface area contributed by atoms with Crippen molar-refractivity contribution in [1.29, 1.82) is 0 Å². The van der Waals surface area contributed by atoms with Gasteiger partial charge in [0, 0.05) is 30.3 Å². The molecule has 0 aromatic heterocycles. The molecule has 0 aliphatic heterocycles. The molecule has 0 bridgehead atoms. The molecule has 180 valence electrons. The third-order valence-corrected chi connectivity index (χ3v) is 6.55. The van der Waals surface area contributed by atoms with E-state index in [4.69, 9.17) is 4.74 Å². The second kappa shape index (κ2) is 11.4. The number of rotatable bonds is 11. The largest absolute Gasteiger partial charge is 0.493 e. The molecule has 0 radical (unpaired) electrons. The van der Waals surface area contributed by atoms with Crippen molar-refractivity contribution >= 4 is 23.2 Å². The Morgan fingerprint density at radius 2 is 1.42 bits per heavy atom. The number of anilines is 2. The molecule has 2 aromatic carbocycles. The molecule has 0 aliphatic rings. The molecule has 0 unspecified atom stereocenters. The molecule has 0 heterocycles. The van der Waals surface area contributed by atoms with E-state index < -0.39 is 0 Å². The highest BCUT2D eigenvalue weighted by Crippen LogP contribution is 2.38. The summed E-state index contributed by atoms with van der Waals surface area (Å²) in [7, 11) is 0. The van der Waals surface area contributed by atoms with Gasteiger partial charge in [-0.25, -0.2) is 0 Å². The highest BCUT2D eigenvalue weighted by Gasteiger charge is 2.26. The van der Waals surface area contributed by atoms with Gasteiger partial charge in [0.1, 0.15) is 5.75 Å². The smallest absolute Gasteiger partial charge is 0.224 e. The minimum atomic E-state index is -0.124. The van der Waals surface area contributed by atoms with Crippen LogP contribution in [0.15, 0.2) is 42.5 Å². The topological polar surface area (TPSA) is 67.4 Å². The molecular weight excluding hydrogens is 412 g/mol. The van der Waals surface area contributed by atoms with Crippen molar-refractivity contribution in [2.45, 2.75) is 85.0 Å².